The van der Waals surface area contributed by atoms with Gasteiger partial charge in [-0.2, -0.15) is 0 Å². The molecule has 9 aromatic rings. The van der Waals surface area contributed by atoms with E-state index in [0.29, 0.717) is 0 Å². The Hall–Kier alpha value is -9.38. The third kappa shape index (κ3) is 20.9. The van der Waals surface area contributed by atoms with Gasteiger partial charge in [-0.15, -0.1) is 45.9 Å². The number of rotatable bonds is 29. The van der Waals surface area contributed by atoms with Gasteiger partial charge in [0.15, 0.2) is 0 Å². The van der Waals surface area contributed by atoms with Gasteiger partial charge in [0, 0.05) is 6.61 Å². The minimum absolute atomic E-state index is 0.0516. The van der Waals surface area contributed by atoms with Crippen LogP contribution < -0.4 is 0 Å². The third-order valence-corrected chi connectivity index (χ3v) is 28.7. The number of hydrogen-bond acceptors (Lipinski definition) is 59. The topological polar surface area (TPSA) is 996 Å². The molecule has 148 heavy (non-hydrogen) atoms. The lowest BCUT2D eigenvalue weighted by atomic mass is 9.93. The largest absolute Gasteiger partial charge is 0.396 e. The predicted molar refractivity (Wildman–Crippen MR) is 455 cm³/mol. The van der Waals surface area contributed by atoms with Crippen LogP contribution in [0.5, 0.6) is 0 Å². The number of hydrogen-bond donors (Lipinski definition) is 31. The van der Waals surface area contributed by atoms with Crippen molar-refractivity contribution in [1.82, 2.24) is 135 Å². The summed E-state index contributed by atoms with van der Waals surface area (Å²) in [5.74, 6) is 0. The molecule has 10 aliphatic rings. The SMILES string of the molecule is C[C@H]1O[C@H](c2cn(C[C@H]3O[C@H](c4cn(C[C@H]5O[C@H](c6cn(C[C@H]7O[C@H](c8cn(C[C@H]9O[C@H](c%10cn(C[C@H]%11O[C@H](c%12cn(C[C@H]%13O[C@H](c%14cn(C[C@H]%15O[C@H](c%16cn(C[C@H]%17O[C@H](c%18cn(C[C@H]%19O[C@H](CCO)[C@@H](O)[C@@H](O)[C@@H]%19O)nn%18)[C@@H](O)[C@@H](O)[C@@H]%17O)nn%16)[C@@H](O)[C@@H](O)[C@@H]%15O)nn%14)[C@@H](O)[C@@H](O)[C@@H]%13O)nn%12)[C@@H](O)[C@@H](O)[C@@H]%11O)nn%10)[C@@H](O)[C@@H](O)[C@@H]9O)nn8)[C@@H](O)[C@@H](O)[C@@H]7O)nn6)[C@@H](O)[C@@H](O)[C@@H]5O)nn4)[C@@H](O)[C@@H](O)[C@@H]3O)nn2)[C@@H](O)[C@@H](O)[C@@H]1O. The molecule has 0 spiro atoms. The lowest BCUT2D eigenvalue weighted by Gasteiger charge is -2.40. The summed E-state index contributed by atoms with van der Waals surface area (Å²) in [5, 5.41) is 414. The van der Waals surface area contributed by atoms with Crippen molar-refractivity contribution in [2.75, 3.05) is 6.61 Å². The van der Waals surface area contributed by atoms with Gasteiger partial charge in [-0.05, 0) is 13.3 Å². The number of ether oxygens (including phenoxy) is 10. The van der Waals surface area contributed by atoms with Gasteiger partial charge >= 0.3 is 0 Å². The van der Waals surface area contributed by atoms with Crippen molar-refractivity contribution >= 4 is 0 Å². The first-order chi connectivity index (χ1) is 70.6. The second-order valence-electron chi connectivity index (χ2n) is 38.8. The van der Waals surface area contributed by atoms with E-state index >= 15 is 0 Å². The second kappa shape index (κ2) is 43.6. The van der Waals surface area contributed by atoms with Crippen LogP contribution in [-0.4, -0.2) is 550 Å². The third-order valence-electron chi connectivity index (χ3n) is 28.7. The first-order valence-corrected chi connectivity index (χ1v) is 47.2. The average Bonchev–Trinajstić information content (AvgIpc) is 1.54. The lowest BCUT2D eigenvalue weighted by Crippen LogP contribution is -2.58. The fourth-order valence-corrected chi connectivity index (χ4v) is 20.1. The van der Waals surface area contributed by atoms with Crippen LogP contribution in [0.2, 0.25) is 0 Å². The maximum Gasteiger partial charge on any atom is 0.132 e. The Morgan fingerprint density at radius 1 is 0.169 bits per heavy atom. The summed E-state index contributed by atoms with van der Waals surface area (Å²) in [7, 11) is 0. The highest BCUT2D eigenvalue weighted by molar-refractivity contribution is 5.18. The first-order valence-electron chi connectivity index (χ1n) is 47.2. The molecule has 10 fully saturated rings. The van der Waals surface area contributed by atoms with E-state index in [1.807, 2.05) is 0 Å². The van der Waals surface area contributed by atoms with Crippen molar-refractivity contribution < 1.29 is 206 Å². The number of nitrogens with zero attached hydrogens (tertiary/aromatic N) is 27. The summed E-state index contributed by atoms with van der Waals surface area (Å²) in [5.41, 5.74) is -0.940. The minimum Gasteiger partial charge on any atom is -0.396 e. The minimum atomic E-state index is -1.93. The molecule has 68 nitrogen and oxygen atoms in total. The van der Waals surface area contributed by atoms with Crippen LogP contribution in [0.3, 0.4) is 0 Å². The molecule has 31 N–H and O–H groups in total. The van der Waals surface area contributed by atoms with Crippen LogP contribution in [0.1, 0.15) is 120 Å². The summed E-state index contributed by atoms with van der Waals surface area (Å²) in [6.45, 7) is -2.40. The molecular formula is C80H115N27O41. The zero-order chi connectivity index (χ0) is 105. The van der Waals surface area contributed by atoms with Crippen molar-refractivity contribution in [3.63, 3.8) is 0 Å². The van der Waals surface area contributed by atoms with Gasteiger partial charge in [-0.25, -0.2) is 42.1 Å². The molecule has 0 aromatic carbocycles. The molecular weight excluding hydrogens is 2000 g/mol. The molecule has 9 aromatic heterocycles. The smallest absolute Gasteiger partial charge is 0.132 e. The first kappa shape index (κ1) is 107. The Labute approximate surface area is 828 Å². The fraction of sp³-hybridized carbons (Fsp3) is 0.775. The van der Waals surface area contributed by atoms with E-state index in [1.54, 1.807) is 0 Å². The lowest BCUT2D eigenvalue weighted by molar-refractivity contribution is -0.230. The monoisotopic (exact) mass is 2110 g/mol. The van der Waals surface area contributed by atoms with Crippen molar-refractivity contribution in [1.29, 1.82) is 0 Å². The molecule has 0 saturated carbocycles. The Bertz CT molecular complexity index is 5710. The number of aliphatic hydroxyl groups is 31. The zero-order valence-corrected chi connectivity index (χ0v) is 77.4. The van der Waals surface area contributed by atoms with Gasteiger partial charge in [-0.1, -0.05) is 46.9 Å². The Morgan fingerprint density at radius 2 is 0.297 bits per heavy atom. The van der Waals surface area contributed by atoms with Crippen molar-refractivity contribution in [3.8, 4) is 0 Å². The highest BCUT2D eigenvalue weighted by atomic mass is 16.6. The van der Waals surface area contributed by atoms with E-state index in [-0.39, 0.29) is 77.3 Å². The predicted octanol–water partition coefficient (Wildman–Crippen LogP) is -21.4. The van der Waals surface area contributed by atoms with Crippen molar-refractivity contribution in [3.05, 3.63) is 107 Å². The molecule has 10 aliphatic heterocycles. The zero-order valence-electron chi connectivity index (χ0n) is 77.4. The molecule has 19 heterocycles. The van der Waals surface area contributed by atoms with Gasteiger partial charge in [-0.3, -0.25) is 0 Å². The van der Waals surface area contributed by atoms with E-state index in [9.17, 15) is 158 Å². The van der Waals surface area contributed by atoms with Gasteiger partial charge in [0.05, 0.1) is 127 Å². The molecule has 816 valence electrons. The van der Waals surface area contributed by atoms with Gasteiger partial charge < -0.3 is 206 Å². The molecule has 0 bridgehead atoms. The van der Waals surface area contributed by atoms with E-state index in [1.165, 1.54) is 72.1 Å². The average molecular weight is 2110 g/mol. The van der Waals surface area contributed by atoms with E-state index in [4.69, 9.17) is 47.4 Å². The van der Waals surface area contributed by atoms with E-state index < -0.39 is 351 Å². The fourth-order valence-electron chi connectivity index (χ4n) is 20.1. The Balaban J connectivity index is 0.444. The standard InChI is InChI=1S/C80H115N27O41/c1-22-42(109)53(120)63(130)72(139-22)23-4-100(90-81-23)14-34-45(112)55(122)65(132)74(141-34)25-6-102(92-83-25)16-36-47(114)57(124)67(134)76(143-36)27-8-104(94-85-27)18-38-49(116)59(126)69(136)78(145-38)29-10-106(96-87-29)20-40-51(118)61(128)71(138)80(147-40)31-12-107(98-89-31)21-41-52(119)62(129)70(137)79(148-41)30-11-105(97-88-30)19-39-50(117)60(127)68(135)77(146-39)28-9-103(95-86-28)17-37-48(115)58(125)66(133)75(144-37)26-7-101(93-84-26)15-35-46(113)56(123)64(131)73(142-35)24-5-99(91-82-24)13-33-44(111)54(121)43(110)32(140-33)2-3-108/h4-12,22,32-80,108-138H,2-3,13-21H2,1H3/t22-,32-,33-,34-,35-,36-,37-,38-,39-,40-,41-,42-,43-,44-,45-,46-,47-,48-,49-,50-,51-,52-,53+,54-,55+,56+,57+,58+,59+,60+,61+,62+,63+,64+,65+,66+,67+,68+,69+,70+,71+,72-,73-,74-,75-,76-,77-,78-,79-,80-/m1/s1. The van der Waals surface area contributed by atoms with Crippen LogP contribution in [-0.2, 0) is 106 Å². The number of aromatic nitrogens is 27. The van der Waals surface area contributed by atoms with Crippen LogP contribution >= 0.6 is 0 Å². The van der Waals surface area contributed by atoms with Crippen molar-refractivity contribution in [2.24, 2.45) is 0 Å². The quantitative estimate of drug-likeness (QED) is 0.0207. The van der Waals surface area contributed by atoms with Gasteiger partial charge in [0.2, 0.25) is 0 Å². The molecule has 0 aliphatic carbocycles. The molecule has 50 atom stereocenters. The molecule has 0 radical (unpaired) electrons. The Morgan fingerprint density at radius 3 is 0.453 bits per heavy atom. The maximum atomic E-state index is 11.4. The van der Waals surface area contributed by atoms with Crippen LogP contribution in [0.15, 0.2) is 55.8 Å². The molecule has 0 amide bonds. The summed E-state index contributed by atoms with van der Waals surface area (Å²) in [4.78, 5) is 0. The van der Waals surface area contributed by atoms with E-state index in [0.717, 1.165) is 32.8 Å². The second-order valence-corrected chi connectivity index (χ2v) is 38.8. The number of aliphatic hydroxyl groups excluding tert-OH is 31. The van der Waals surface area contributed by atoms with Gasteiger partial charge in [0.1, 0.15) is 344 Å². The van der Waals surface area contributed by atoms with E-state index in [2.05, 4.69) is 92.8 Å². The van der Waals surface area contributed by atoms with Crippen LogP contribution in [0.25, 0.3) is 0 Å². The molecule has 0 unspecified atom stereocenters. The van der Waals surface area contributed by atoms with Gasteiger partial charge in [0.25, 0.3) is 0 Å². The summed E-state index contributed by atoms with van der Waals surface area (Å²) in [6.07, 6.45) is -70.0. The summed E-state index contributed by atoms with van der Waals surface area (Å²) >= 11 is 0. The normalized spacial score (nSPS) is 43.3. The molecule has 68 heteroatoms. The molecule has 10 saturated heterocycles. The molecule has 19 rings (SSSR count). The highest BCUT2D eigenvalue weighted by Crippen LogP contribution is 2.44. The Kier molecular flexibility index (Phi) is 31.6. The highest BCUT2D eigenvalue weighted by Gasteiger charge is 2.57. The van der Waals surface area contributed by atoms with Crippen LogP contribution in [0.4, 0.5) is 0 Å². The van der Waals surface area contributed by atoms with Crippen LogP contribution in [0, 0.1) is 0 Å². The maximum absolute atomic E-state index is 11.4. The summed E-state index contributed by atoms with van der Waals surface area (Å²) < 4.78 is 70.3. The van der Waals surface area contributed by atoms with Crippen molar-refractivity contribution in [2.45, 2.75) is 377 Å². The summed E-state index contributed by atoms with van der Waals surface area (Å²) in [6, 6.07) is 0.